The fourth-order valence-corrected chi connectivity index (χ4v) is 0.824. The quantitative estimate of drug-likeness (QED) is 0.379. The highest BCUT2D eigenvalue weighted by atomic mass is 16.5. The van der Waals surface area contributed by atoms with Crippen molar-refractivity contribution in [1.29, 1.82) is 0 Å². The standard InChI is InChI=1S/C12H10O2/c1-14-12(13)10-6-5-9-11-7-3-2-4-8-11/h2-4,6-8,10H,1H3/b10-6+. The van der Waals surface area contributed by atoms with Gasteiger partial charge in [0.25, 0.3) is 0 Å². The van der Waals surface area contributed by atoms with Gasteiger partial charge in [-0.1, -0.05) is 30.0 Å². The van der Waals surface area contributed by atoms with Crippen molar-refractivity contribution in [2.75, 3.05) is 7.11 Å². The van der Waals surface area contributed by atoms with Crippen molar-refractivity contribution in [3.63, 3.8) is 0 Å². The minimum atomic E-state index is -0.396. The normalized spacial score (nSPS) is 9.21. The molecule has 0 atom stereocenters. The Morgan fingerprint density at radius 1 is 1.36 bits per heavy atom. The van der Waals surface area contributed by atoms with E-state index in [9.17, 15) is 4.79 Å². The molecule has 0 saturated heterocycles. The minimum absolute atomic E-state index is 0.396. The first-order valence-electron chi connectivity index (χ1n) is 4.14. The fourth-order valence-electron chi connectivity index (χ4n) is 0.824. The number of esters is 1. The number of benzene rings is 1. The molecule has 1 rings (SSSR count). The Morgan fingerprint density at radius 2 is 2.07 bits per heavy atom. The molecule has 0 aromatic heterocycles. The van der Waals surface area contributed by atoms with Crippen molar-refractivity contribution in [1.82, 2.24) is 0 Å². The second kappa shape index (κ2) is 5.60. The van der Waals surface area contributed by atoms with Gasteiger partial charge in [0, 0.05) is 11.6 Å². The smallest absolute Gasteiger partial charge is 0.331 e. The van der Waals surface area contributed by atoms with Gasteiger partial charge in [0.2, 0.25) is 0 Å². The summed E-state index contributed by atoms with van der Waals surface area (Å²) in [6, 6.07) is 9.55. The van der Waals surface area contributed by atoms with Crippen LogP contribution in [-0.2, 0) is 9.53 Å². The zero-order valence-electron chi connectivity index (χ0n) is 7.86. The first-order valence-corrected chi connectivity index (χ1v) is 4.14. The second-order valence-corrected chi connectivity index (χ2v) is 2.49. The van der Waals surface area contributed by atoms with Crippen molar-refractivity contribution in [3.05, 3.63) is 48.0 Å². The molecule has 70 valence electrons. The molecule has 0 spiro atoms. The highest BCUT2D eigenvalue weighted by Crippen LogP contribution is 1.94. The maximum absolute atomic E-state index is 10.6. The Bertz CT molecular complexity index is 380. The topological polar surface area (TPSA) is 26.3 Å². The molecule has 0 aliphatic rings. The lowest BCUT2D eigenvalue weighted by Crippen LogP contribution is -1.92. The van der Waals surface area contributed by atoms with Crippen molar-refractivity contribution in [3.8, 4) is 11.8 Å². The molecule has 0 aliphatic heterocycles. The number of allylic oxidation sites excluding steroid dienone is 1. The molecule has 2 heteroatoms. The number of rotatable bonds is 1. The van der Waals surface area contributed by atoms with Gasteiger partial charge in [0.05, 0.1) is 7.11 Å². The molecule has 0 saturated carbocycles. The minimum Gasteiger partial charge on any atom is -0.466 e. The Balaban J connectivity index is 2.57. The highest BCUT2D eigenvalue weighted by Gasteiger charge is 1.86. The maximum atomic E-state index is 10.6. The molecule has 1 aromatic rings. The van der Waals surface area contributed by atoms with E-state index in [0.29, 0.717) is 0 Å². The maximum Gasteiger partial charge on any atom is 0.331 e. The molecule has 0 fully saturated rings. The van der Waals surface area contributed by atoms with Gasteiger partial charge in [-0.3, -0.25) is 0 Å². The lowest BCUT2D eigenvalue weighted by atomic mass is 10.2. The van der Waals surface area contributed by atoms with Gasteiger partial charge < -0.3 is 4.74 Å². The molecule has 0 unspecified atom stereocenters. The van der Waals surface area contributed by atoms with Gasteiger partial charge in [0.1, 0.15) is 0 Å². The van der Waals surface area contributed by atoms with E-state index in [1.165, 1.54) is 19.3 Å². The zero-order valence-corrected chi connectivity index (χ0v) is 7.86. The summed E-state index contributed by atoms with van der Waals surface area (Å²) in [5.74, 6) is 5.22. The predicted molar refractivity (Wildman–Crippen MR) is 54.5 cm³/mol. The largest absolute Gasteiger partial charge is 0.466 e. The summed E-state index contributed by atoms with van der Waals surface area (Å²) in [6.07, 6.45) is 2.76. The van der Waals surface area contributed by atoms with E-state index >= 15 is 0 Å². The molecule has 0 aliphatic carbocycles. The van der Waals surface area contributed by atoms with E-state index in [2.05, 4.69) is 16.6 Å². The molecule has 0 radical (unpaired) electrons. The SMILES string of the molecule is COC(=O)/C=C/C#Cc1ccccc1. The van der Waals surface area contributed by atoms with Crippen LogP contribution in [0.1, 0.15) is 5.56 Å². The zero-order chi connectivity index (χ0) is 10.2. The van der Waals surface area contributed by atoms with Crippen LogP contribution < -0.4 is 0 Å². The van der Waals surface area contributed by atoms with E-state index < -0.39 is 5.97 Å². The van der Waals surface area contributed by atoms with Crippen LogP contribution in [0, 0.1) is 11.8 Å². The summed E-state index contributed by atoms with van der Waals surface area (Å²) in [6.45, 7) is 0. The number of hydrogen-bond donors (Lipinski definition) is 0. The third-order valence-electron chi connectivity index (χ3n) is 1.49. The van der Waals surface area contributed by atoms with Crippen molar-refractivity contribution in [2.45, 2.75) is 0 Å². The number of carbonyl (C=O) groups is 1. The second-order valence-electron chi connectivity index (χ2n) is 2.49. The van der Waals surface area contributed by atoms with Crippen LogP contribution in [0.2, 0.25) is 0 Å². The Labute approximate surface area is 83.2 Å². The summed E-state index contributed by atoms with van der Waals surface area (Å²) in [7, 11) is 1.33. The number of carbonyl (C=O) groups excluding carboxylic acids is 1. The first kappa shape index (κ1) is 10.1. The van der Waals surface area contributed by atoms with Crippen molar-refractivity contribution in [2.24, 2.45) is 0 Å². The van der Waals surface area contributed by atoms with Crippen LogP contribution in [-0.4, -0.2) is 13.1 Å². The van der Waals surface area contributed by atoms with Crippen LogP contribution in [0.5, 0.6) is 0 Å². The summed E-state index contributed by atoms with van der Waals surface area (Å²) in [5, 5.41) is 0. The first-order chi connectivity index (χ1) is 6.83. The molecule has 0 bridgehead atoms. The molecule has 14 heavy (non-hydrogen) atoms. The Hall–Kier alpha value is -2.01. The number of ether oxygens (including phenoxy) is 1. The molecule has 2 nitrogen and oxygen atoms in total. The molecular weight excluding hydrogens is 176 g/mol. The third-order valence-corrected chi connectivity index (χ3v) is 1.49. The van der Waals surface area contributed by atoms with Crippen LogP contribution in [0.15, 0.2) is 42.5 Å². The van der Waals surface area contributed by atoms with Crippen molar-refractivity contribution < 1.29 is 9.53 Å². The molecule has 0 heterocycles. The average molecular weight is 186 g/mol. The highest BCUT2D eigenvalue weighted by molar-refractivity contribution is 5.82. The molecule has 1 aromatic carbocycles. The van der Waals surface area contributed by atoms with Crippen LogP contribution >= 0.6 is 0 Å². The van der Waals surface area contributed by atoms with Gasteiger partial charge in [0.15, 0.2) is 0 Å². The van der Waals surface area contributed by atoms with Gasteiger partial charge in [-0.05, 0) is 18.2 Å². The number of hydrogen-bond acceptors (Lipinski definition) is 2. The summed E-state index contributed by atoms with van der Waals surface area (Å²) < 4.78 is 4.41. The van der Waals surface area contributed by atoms with E-state index in [-0.39, 0.29) is 0 Å². The fraction of sp³-hybridized carbons (Fsp3) is 0.0833. The van der Waals surface area contributed by atoms with Crippen LogP contribution in [0.3, 0.4) is 0 Å². The van der Waals surface area contributed by atoms with E-state index in [1.807, 2.05) is 30.3 Å². The molecule has 0 N–H and O–H groups in total. The summed E-state index contributed by atoms with van der Waals surface area (Å²) in [5.41, 5.74) is 0.919. The monoisotopic (exact) mass is 186 g/mol. The summed E-state index contributed by atoms with van der Waals surface area (Å²) in [4.78, 5) is 10.6. The predicted octanol–water partition coefficient (Wildman–Crippen LogP) is 1.77. The molecular formula is C12H10O2. The van der Waals surface area contributed by atoms with Crippen LogP contribution in [0.25, 0.3) is 0 Å². The van der Waals surface area contributed by atoms with E-state index in [4.69, 9.17) is 0 Å². The Kier molecular flexibility index (Phi) is 4.03. The van der Waals surface area contributed by atoms with E-state index in [1.54, 1.807) is 0 Å². The van der Waals surface area contributed by atoms with Crippen molar-refractivity contribution >= 4 is 5.97 Å². The van der Waals surface area contributed by atoms with Gasteiger partial charge in [-0.25, -0.2) is 4.79 Å². The lowest BCUT2D eigenvalue weighted by molar-refractivity contribution is -0.134. The molecule has 0 amide bonds. The van der Waals surface area contributed by atoms with E-state index in [0.717, 1.165) is 5.56 Å². The third kappa shape index (κ3) is 3.59. The average Bonchev–Trinajstić information content (AvgIpc) is 2.25. The van der Waals surface area contributed by atoms with Gasteiger partial charge in [-0.2, -0.15) is 0 Å². The lowest BCUT2D eigenvalue weighted by Gasteiger charge is -1.86. The summed E-state index contributed by atoms with van der Waals surface area (Å²) >= 11 is 0. The van der Waals surface area contributed by atoms with Gasteiger partial charge >= 0.3 is 5.97 Å². The van der Waals surface area contributed by atoms with Crippen LogP contribution in [0.4, 0.5) is 0 Å². The van der Waals surface area contributed by atoms with Gasteiger partial charge in [-0.15, -0.1) is 0 Å². The Morgan fingerprint density at radius 3 is 2.71 bits per heavy atom. The number of methoxy groups -OCH3 is 1.